The fourth-order valence-corrected chi connectivity index (χ4v) is 3.83. The van der Waals surface area contributed by atoms with Crippen LogP contribution in [0.25, 0.3) is 0 Å². The molecule has 1 aliphatic rings. The highest BCUT2D eigenvalue weighted by atomic mass is 32.1. The molecule has 1 atom stereocenters. The van der Waals surface area contributed by atoms with Crippen LogP contribution in [0.3, 0.4) is 0 Å². The fourth-order valence-electron chi connectivity index (χ4n) is 3.55. The van der Waals surface area contributed by atoms with Crippen LogP contribution < -0.4 is 4.74 Å². The van der Waals surface area contributed by atoms with Gasteiger partial charge in [0.05, 0.1) is 12.8 Å². The Morgan fingerprint density at radius 3 is 2.68 bits per heavy atom. The van der Waals surface area contributed by atoms with Gasteiger partial charge in [-0.3, -0.25) is 4.90 Å². The van der Waals surface area contributed by atoms with Gasteiger partial charge in [-0.05, 0) is 55.1 Å². The molecule has 2 heterocycles. The van der Waals surface area contributed by atoms with E-state index in [1.807, 2.05) is 16.8 Å². The van der Waals surface area contributed by atoms with E-state index >= 15 is 0 Å². The summed E-state index contributed by atoms with van der Waals surface area (Å²) in [5.74, 6) is 2.15. The predicted octanol–water partition coefficient (Wildman–Crippen LogP) is 3.63. The maximum atomic E-state index is 9.93. The van der Waals surface area contributed by atoms with Crippen molar-refractivity contribution < 1.29 is 9.84 Å². The van der Waals surface area contributed by atoms with E-state index in [1.165, 1.54) is 5.56 Å². The summed E-state index contributed by atoms with van der Waals surface area (Å²) in [5.41, 5.74) is 1.29. The lowest BCUT2D eigenvalue weighted by Crippen LogP contribution is -2.39. The molecule has 3 rings (SSSR count). The van der Waals surface area contributed by atoms with E-state index in [9.17, 15) is 5.11 Å². The van der Waals surface area contributed by atoms with Crippen molar-refractivity contribution in [1.82, 2.24) is 19.2 Å². The number of hydrogen-bond acceptors (Lipinski definition) is 5. The molecule has 1 aromatic carbocycles. The topological polar surface area (TPSA) is 55.4 Å². The Bertz CT molecular complexity index is 813. The first-order chi connectivity index (χ1) is 13.5. The summed E-state index contributed by atoms with van der Waals surface area (Å²) in [5, 5.41) is 14.7. The highest BCUT2D eigenvalue weighted by molar-refractivity contribution is 7.71. The monoisotopic (exact) mass is 404 g/mol. The average Bonchev–Trinajstić information content (AvgIpc) is 2.95. The number of ether oxygens (including phenoxy) is 1. The molecular weight excluding hydrogens is 372 g/mol. The number of benzene rings is 1. The van der Waals surface area contributed by atoms with Crippen LogP contribution in [0.1, 0.15) is 45.0 Å². The van der Waals surface area contributed by atoms with Gasteiger partial charge in [0.15, 0.2) is 10.6 Å². The zero-order valence-corrected chi connectivity index (χ0v) is 18.0. The predicted molar refractivity (Wildman–Crippen MR) is 113 cm³/mol. The first-order valence-corrected chi connectivity index (χ1v) is 10.7. The number of β-amino-alcohol motifs (C(OH)–C–C–N with tert-alkyl or cyclic N) is 1. The molecule has 1 N–H and O–H groups in total. The van der Waals surface area contributed by atoms with Gasteiger partial charge in [-0.2, -0.15) is 5.10 Å². The quantitative estimate of drug-likeness (QED) is 0.681. The van der Waals surface area contributed by atoms with E-state index in [2.05, 4.69) is 42.4 Å². The van der Waals surface area contributed by atoms with Crippen molar-refractivity contribution in [3.63, 3.8) is 0 Å². The van der Waals surface area contributed by atoms with Crippen LogP contribution in [0.4, 0.5) is 0 Å². The third kappa shape index (κ3) is 5.43. The van der Waals surface area contributed by atoms with Crippen LogP contribution in [0, 0.1) is 10.7 Å². The van der Waals surface area contributed by atoms with Gasteiger partial charge in [0.1, 0.15) is 12.4 Å². The number of aryl methyl sites for hydroxylation is 1. The maximum absolute atomic E-state index is 9.93. The minimum Gasteiger partial charge on any atom is -0.486 e. The lowest BCUT2D eigenvalue weighted by atomic mass is 10.1. The second-order valence-electron chi connectivity index (χ2n) is 8.00. The fraction of sp³-hybridized carbons (Fsp3) is 0.619. The van der Waals surface area contributed by atoms with Crippen LogP contribution in [-0.4, -0.2) is 43.5 Å². The van der Waals surface area contributed by atoms with Crippen molar-refractivity contribution in [2.24, 2.45) is 5.92 Å². The van der Waals surface area contributed by atoms with Gasteiger partial charge in [-0.1, -0.05) is 32.9 Å². The molecule has 0 unspecified atom stereocenters. The molecule has 1 aliphatic heterocycles. The smallest absolute Gasteiger partial charge is 0.199 e. The number of aliphatic hydroxyl groups is 1. The Labute approximate surface area is 172 Å². The van der Waals surface area contributed by atoms with E-state index in [0.29, 0.717) is 30.5 Å². The number of rotatable bonds is 8. The van der Waals surface area contributed by atoms with Crippen LogP contribution in [0.5, 0.6) is 5.75 Å². The molecule has 0 aliphatic carbocycles. The van der Waals surface area contributed by atoms with Gasteiger partial charge in [-0.15, -0.1) is 0 Å². The molecular formula is C21H32N4O2S. The summed E-state index contributed by atoms with van der Waals surface area (Å²) in [4.78, 5) is 2.21. The van der Waals surface area contributed by atoms with E-state index < -0.39 is 0 Å². The lowest BCUT2D eigenvalue weighted by Gasteiger charge is -2.29. The number of piperidine rings is 1. The molecule has 0 spiro atoms. The summed E-state index contributed by atoms with van der Waals surface area (Å²) in [7, 11) is 0. The standard InChI is InChI=1S/C21H32N4O2S/c1-4-17-7-9-19(10-8-17)27-14-20-22-25(21(28)24(20)12-16(2)3)15-23-11-5-6-18(26)13-23/h7-10,16,18,26H,4-6,11-15H2,1-3H3/t18-/m1/s1. The summed E-state index contributed by atoms with van der Waals surface area (Å²) >= 11 is 5.71. The third-order valence-corrected chi connectivity index (χ3v) is 5.49. The van der Waals surface area contributed by atoms with E-state index in [1.54, 1.807) is 0 Å². The van der Waals surface area contributed by atoms with Gasteiger partial charge < -0.3 is 14.4 Å². The molecule has 1 saturated heterocycles. The summed E-state index contributed by atoms with van der Waals surface area (Å²) in [6.45, 7) is 9.94. The highest BCUT2D eigenvalue weighted by Gasteiger charge is 2.20. The van der Waals surface area contributed by atoms with Gasteiger partial charge in [0, 0.05) is 19.6 Å². The molecule has 1 fully saturated rings. The molecule has 6 nitrogen and oxygen atoms in total. The number of aliphatic hydroxyl groups excluding tert-OH is 1. The number of hydrogen-bond donors (Lipinski definition) is 1. The minimum absolute atomic E-state index is 0.255. The van der Waals surface area contributed by atoms with Crippen molar-refractivity contribution in [2.75, 3.05) is 13.1 Å². The van der Waals surface area contributed by atoms with Crippen molar-refractivity contribution in [1.29, 1.82) is 0 Å². The summed E-state index contributed by atoms with van der Waals surface area (Å²) in [6.07, 6.45) is 2.64. The van der Waals surface area contributed by atoms with Crippen molar-refractivity contribution >= 4 is 12.2 Å². The molecule has 0 amide bonds. The Balaban J connectivity index is 1.75. The van der Waals surface area contributed by atoms with E-state index in [-0.39, 0.29) is 6.10 Å². The molecule has 1 aromatic heterocycles. The molecule has 7 heteroatoms. The van der Waals surface area contributed by atoms with Crippen LogP contribution >= 0.6 is 12.2 Å². The van der Waals surface area contributed by atoms with Crippen LogP contribution in [-0.2, 0) is 26.2 Å². The zero-order chi connectivity index (χ0) is 20.1. The normalized spacial score (nSPS) is 18.0. The molecule has 0 saturated carbocycles. The van der Waals surface area contributed by atoms with E-state index in [4.69, 9.17) is 22.1 Å². The van der Waals surface area contributed by atoms with E-state index in [0.717, 1.165) is 43.9 Å². The number of aromatic nitrogens is 3. The third-order valence-electron chi connectivity index (χ3n) is 5.06. The summed E-state index contributed by atoms with van der Waals surface area (Å²) < 4.78 is 10.7. The van der Waals surface area contributed by atoms with Crippen molar-refractivity contribution in [2.45, 2.75) is 66.0 Å². The van der Waals surface area contributed by atoms with Crippen molar-refractivity contribution in [3.05, 3.63) is 40.4 Å². The molecule has 0 radical (unpaired) electrons. The largest absolute Gasteiger partial charge is 0.486 e. The van der Waals surface area contributed by atoms with Crippen LogP contribution in [0.15, 0.2) is 24.3 Å². The van der Waals surface area contributed by atoms with Gasteiger partial charge >= 0.3 is 0 Å². The van der Waals surface area contributed by atoms with Crippen molar-refractivity contribution in [3.8, 4) is 5.75 Å². The van der Waals surface area contributed by atoms with Gasteiger partial charge in [0.25, 0.3) is 0 Å². The first-order valence-electron chi connectivity index (χ1n) is 10.2. The Hall–Kier alpha value is -1.70. The Morgan fingerprint density at radius 1 is 1.29 bits per heavy atom. The average molecular weight is 405 g/mol. The lowest BCUT2D eigenvalue weighted by molar-refractivity contribution is 0.0511. The zero-order valence-electron chi connectivity index (χ0n) is 17.2. The first kappa shape index (κ1) is 21.0. The molecule has 0 bridgehead atoms. The Kier molecular flexibility index (Phi) is 7.26. The van der Waals surface area contributed by atoms with Gasteiger partial charge in [0.2, 0.25) is 0 Å². The second-order valence-corrected chi connectivity index (χ2v) is 8.37. The second kappa shape index (κ2) is 9.67. The minimum atomic E-state index is -0.255. The SMILES string of the molecule is CCc1ccc(OCc2nn(CN3CCC[C@@H](O)C3)c(=S)n2CC(C)C)cc1. The summed E-state index contributed by atoms with van der Waals surface area (Å²) in [6, 6.07) is 8.20. The number of likely N-dealkylation sites (tertiary alicyclic amines) is 1. The molecule has 2 aromatic rings. The molecule has 28 heavy (non-hydrogen) atoms. The molecule has 154 valence electrons. The number of nitrogens with zero attached hydrogens (tertiary/aromatic N) is 4. The Morgan fingerprint density at radius 2 is 2.04 bits per heavy atom. The highest BCUT2D eigenvalue weighted by Crippen LogP contribution is 2.16. The van der Waals surface area contributed by atoms with Gasteiger partial charge in [-0.25, -0.2) is 4.68 Å². The maximum Gasteiger partial charge on any atom is 0.199 e. The van der Waals surface area contributed by atoms with Crippen LogP contribution in [0.2, 0.25) is 0 Å².